The van der Waals surface area contributed by atoms with E-state index in [2.05, 4.69) is 28.1 Å². The minimum absolute atomic E-state index is 0.332. The first-order chi connectivity index (χ1) is 5.77. The van der Waals surface area contributed by atoms with Crippen molar-refractivity contribution in [2.45, 2.75) is 4.90 Å². The van der Waals surface area contributed by atoms with Crippen LogP contribution in [0.2, 0.25) is 0 Å². The number of rotatable bonds is 1. The molecule has 2 aromatic rings. The van der Waals surface area contributed by atoms with Gasteiger partial charge < -0.3 is 0 Å². The van der Waals surface area contributed by atoms with Gasteiger partial charge in [-0.05, 0) is 18.4 Å². The summed E-state index contributed by atoms with van der Waals surface area (Å²) in [5.74, 6) is 0. The summed E-state index contributed by atoms with van der Waals surface area (Å²) in [6, 6.07) is 4.00. The molecule has 0 radical (unpaired) electrons. The predicted molar refractivity (Wildman–Crippen MR) is 55.1 cm³/mol. The number of pyridine rings is 1. The van der Waals surface area contributed by atoms with Gasteiger partial charge in [-0.2, -0.15) is 9.93 Å². The monoisotopic (exact) mass is 199 g/mol. The van der Waals surface area contributed by atoms with Crippen molar-refractivity contribution < 1.29 is 0 Å². The summed E-state index contributed by atoms with van der Waals surface area (Å²) in [4.78, 5) is 1.24. The summed E-state index contributed by atoms with van der Waals surface area (Å²) in [5, 5.41) is 7.71. The van der Waals surface area contributed by atoms with Gasteiger partial charge in [0, 0.05) is 11.1 Å². The van der Waals surface area contributed by atoms with E-state index in [1.54, 1.807) is 6.33 Å². The lowest BCUT2D eigenvalue weighted by molar-refractivity contribution is 1.09. The third kappa shape index (κ3) is 1.30. The molecule has 2 aromatic heterocycles. The Labute approximate surface area is 78.0 Å². The Morgan fingerprint density at radius 2 is 2.33 bits per heavy atom. The summed E-state index contributed by atoms with van der Waals surface area (Å²) in [6.07, 6.45) is 5.82. The van der Waals surface area contributed by atoms with E-state index in [9.17, 15) is 0 Å². The Balaban J connectivity index is 2.60. The van der Waals surface area contributed by atoms with Gasteiger partial charge in [-0.25, -0.2) is 0 Å². The maximum Gasteiger partial charge on any atom is 0.160 e. The van der Waals surface area contributed by atoms with Gasteiger partial charge in [0.1, 0.15) is 6.33 Å². The van der Waals surface area contributed by atoms with Crippen molar-refractivity contribution >= 4 is 27.2 Å². The first kappa shape index (κ1) is 7.94. The van der Waals surface area contributed by atoms with Gasteiger partial charge in [-0.15, -0.1) is 21.9 Å². The van der Waals surface area contributed by atoms with Crippen LogP contribution in [-0.4, -0.2) is 20.9 Å². The zero-order chi connectivity index (χ0) is 8.55. The van der Waals surface area contributed by atoms with Gasteiger partial charge in [0.05, 0.1) is 0 Å². The summed E-state index contributed by atoms with van der Waals surface area (Å²) < 4.78 is 1.91. The Kier molecular flexibility index (Phi) is 1.98. The second kappa shape index (κ2) is 2.99. The van der Waals surface area contributed by atoms with Gasteiger partial charge in [0.15, 0.2) is 5.65 Å². The molecule has 0 aliphatic rings. The van der Waals surface area contributed by atoms with Crippen LogP contribution in [0.4, 0.5) is 0 Å². The number of fused-ring (bicyclic) bond motifs is 1. The lowest BCUT2D eigenvalue weighted by Gasteiger charge is -2.07. The fourth-order valence-corrected chi connectivity index (χ4v) is 1.94. The molecule has 1 unspecified atom stereocenters. The topological polar surface area (TPSA) is 30.2 Å². The van der Waals surface area contributed by atoms with Crippen LogP contribution >= 0.6 is 21.6 Å². The normalized spacial score (nSPS) is 15.0. The highest BCUT2D eigenvalue weighted by atomic mass is 33.1. The Morgan fingerprint density at radius 1 is 1.50 bits per heavy atom. The molecule has 0 N–H and O–H groups in total. The highest BCUT2D eigenvalue weighted by molar-refractivity contribution is 8.77. The molecule has 0 amide bonds. The third-order valence-corrected chi connectivity index (χ3v) is 3.35. The van der Waals surface area contributed by atoms with Gasteiger partial charge >= 0.3 is 0 Å². The van der Waals surface area contributed by atoms with E-state index in [-0.39, 0.29) is 9.93 Å². The van der Waals surface area contributed by atoms with E-state index < -0.39 is 0 Å². The van der Waals surface area contributed by atoms with Crippen molar-refractivity contribution in [2.24, 2.45) is 0 Å². The number of thiol groups is 2. The summed E-state index contributed by atoms with van der Waals surface area (Å²) in [5.41, 5.74) is 0.879. The summed E-state index contributed by atoms with van der Waals surface area (Å²) in [7, 11) is -0.332. The highest BCUT2D eigenvalue weighted by Gasteiger charge is 1.98. The first-order valence-electron chi connectivity index (χ1n) is 3.49. The SMILES string of the molecule is C[SH](S)c1ccc2nncn2c1. The Hall–Kier alpha value is -0.680. The van der Waals surface area contributed by atoms with Crippen LogP contribution in [0.25, 0.3) is 5.65 Å². The lowest BCUT2D eigenvalue weighted by atomic mass is 10.5. The zero-order valence-corrected chi connectivity index (χ0v) is 8.33. The van der Waals surface area contributed by atoms with E-state index in [1.165, 1.54) is 4.90 Å². The molecule has 0 aliphatic carbocycles. The van der Waals surface area contributed by atoms with E-state index in [0.29, 0.717) is 0 Å². The van der Waals surface area contributed by atoms with Crippen LogP contribution in [0.5, 0.6) is 0 Å². The van der Waals surface area contributed by atoms with E-state index >= 15 is 0 Å². The number of nitrogens with zero attached hydrogens (tertiary/aromatic N) is 3. The standard InChI is InChI=1S/C7H9N3S2/c1-12(11)6-2-3-7-9-8-5-10(7)4-6/h2-5,11-12H,1H3. The van der Waals surface area contributed by atoms with Gasteiger partial charge in [-0.1, -0.05) is 0 Å². The fourth-order valence-electron chi connectivity index (χ4n) is 1.01. The van der Waals surface area contributed by atoms with Crippen LogP contribution in [0.15, 0.2) is 29.6 Å². The minimum Gasteiger partial charge on any atom is -0.288 e. The van der Waals surface area contributed by atoms with Gasteiger partial charge in [0.25, 0.3) is 0 Å². The molecule has 2 heterocycles. The molecular weight excluding hydrogens is 190 g/mol. The average molecular weight is 199 g/mol. The molecule has 1 atom stereocenters. The molecule has 0 aliphatic heterocycles. The van der Waals surface area contributed by atoms with Crippen LogP contribution in [0.3, 0.4) is 0 Å². The lowest BCUT2D eigenvalue weighted by Crippen LogP contribution is -1.84. The van der Waals surface area contributed by atoms with Crippen molar-refractivity contribution in [2.75, 3.05) is 6.26 Å². The number of hydrogen-bond acceptors (Lipinski definition) is 3. The first-order valence-corrected chi connectivity index (χ1v) is 6.43. The zero-order valence-electron chi connectivity index (χ0n) is 6.55. The predicted octanol–water partition coefficient (Wildman–Crippen LogP) is 1.56. The maximum atomic E-state index is 4.40. The number of aromatic nitrogens is 3. The molecule has 5 heteroatoms. The minimum atomic E-state index is -0.332. The van der Waals surface area contributed by atoms with Crippen LogP contribution in [-0.2, 0) is 0 Å². The van der Waals surface area contributed by atoms with Crippen LogP contribution in [0.1, 0.15) is 0 Å². The molecule has 0 spiro atoms. The second-order valence-corrected chi connectivity index (χ2v) is 5.87. The molecule has 3 nitrogen and oxygen atoms in total. The molecular formula is C7H9N3S2. The quantitative estimate of drug-likeness (QED) is 0.539. The second-order valence-electron chi connectivity index (χ2n) is 2.51. The summed E-state index contributed by atoms with van der Waals surface area (Å²) >= 11 is 4.40. The average Bonchev–Trinajstić information content (AvgIpc) is 2.49. The summed E-state index contributed by atoms with van der Waals surface area (Å²) in [6.45, 7) is 0. The Bertz CT molecular complexity index is 396. The highest BCUT2D eigenvalue weighted by Crippen LogP contribution is 2.35. The molecule has 2 rings (SSSR count). The van der Waals surface area contributed by atoms with E-state index in [0.717, 1.165) is 5.65 Å². The van der Waals surface area contributed by atoms with Crippen molar-refractivity contribution in [1.82, 2.24) is 14.6 Å². The Morgan fingerprint density at radius 3 is 3.08 bits per heavy atom. The van der Waals surface area contributed by atoms with Crippen LogP contribution in [0, 0.1) is 0 Å². The van der Waals surface area contributed by atoms with E-state index in [4.69, 9.17) is 0 Å². The van der Waals surface area contributed by atoms with E-state index in [1.807, 2.05) is 22.7 Å². The van der Waals surface area contributed by atoms with Crippen molar-refractivity contribution in [3.8, 4) is 0 Å². The molecule has 0 fully saturated rings. The van der Waals surface area contributed by atoms with Crippen molar-refractivity contribution in [3.05, 3.63) is 24.7 Å². The fraction of sp³-hybridized carbons (Fsp3) is 0.143. The number of hydrogen-bond donors (Lipinski definition) is 2. The largest absolute Gasteiger partial charge is 0.288 e. The smallest absolute Gasteiger partial charge is 0.160 e. The molecule has 0 aromatic carbocycles. The maximum absolute atomic E-state index is 4.40. The molecule has 0 saturated carbocycles. The van der Waals surface area contributed by atoms with Crippen LogP contribution < -0.4 is 0 Å². The van der Waals surface area contributed by atoms with Crippen molar-refractivity contribution in [3.63, 3.8) is 0 Å². The molecule has 12 heavy (non-hydrogen) atoms. The third-order valence-electron chi connectivity index (χ3n) is 1.65. The molecule has 0 saturated heterocycles. The molecule has 64 valence electrons. The van der Waals surface area contributed by atoms with Gasteiger partial charge in [-0.3, -0.25) is 4.40 Å². The van der Waals surface area contributed by atoms with Gasteiger partial charge in [0.2, 0.25) is 0 Å². The molecule has 0 bridgehead atoms. The van der Waals surface area contributed by atoms with Crippen molar-refractivity contribution in [1.29, 1.82) is 0 Å².